The lowest BCUT2D eigenvalue weighted by molar-refractivity contribution is 0.0791. The van der Waals surface area contributed by atoms with Crippen LogP contribution in [0.4, 0.5) is 5.69 Å². The summed E-state index contributed by atoms with van der Waals surface area (Å²) in [5.74, 6) is -0.0706. The monoisotopic (exact) mass is 250 g/mol. The van der Waals surface area contributed by atoms with Crippen molar-refractivity contribution in [3.05, 3.63) is 23.5 Å². The summed E-state index contributed by atoms with van der Waals surface area (Å²) in [7, 11) is 5.82. The number of carbonyl (C=O) groups is 1. The average molecular weight is 250 g/mol. The number of nitrogens with two attached hydrogens (primary N) is 1. The van der Waals surface area contributed by atoms with E-state index >= 15 is 0 Å². The van der Waals surface area contributed by atoms with Gasteiger partial charge in [-0.2, -0.15) is 0 Å². The molecule has 1 aromatic rings. The topological polar surface area (TPSA) is 62.5 Å². The number of nitrogens with zero attached hydrogens (tertiary/aromatic N) is 3. The normalized spacial score (nSPS) is 10.7. The zero-order chi connectivity index (χ0) is 13.7. The molecule has 0 radical (unpaired) electrons. The van der Waals surface area contributed by atoms with Crippen LogP contribution in [0.15, 0.2) is 12.3 Å². The Morgan fingerprint density at radius 1 is 1.33 bits per heavy atom. The highest BCUT2D eigenvalue weighted by Gasteiger charge is 2.14. The van der Waals surface area contributed by atoms with E-state index in [0.717, 1.165) is 18.7 Å². The highest BCUT2D eigenvalue weighted by Crippen LogP contribution is 2.13. The van der Waals surface area contributed by atoms with E-state index in [0.29, 0.717) is 17.8 Å². The molecule has 0 fully saturated rings. The van der Waals surface area contributed by atoms with Crippen molar-refractivity contribution in [2.24, 2.45) is 0 Å². The second kappa shape index (κ2) is 6.35. The zero-order valence-corrected chi connectivity index (χ0v) is 11.6. The van der Waals surface area contributed by atoms with E-state index in [-0.39, 0.29) is 5.91 Å². The number of nitrogen functional groups attached to an aromatic ring is 1. The number of pyridine rings is 1. The van der Waals surface area contributed by atoms with Crippen molar-refractivity contribution >= 4 is 11.6 Å². The number of rotatable bonds is 5. The summed E-state index contributed by atoms with van der Waals surface area (Å²) in [6.07, 6.45) is 2.49. The van der Waals surface area contributed by atoms with Gasteiger partial charge in [0.2, 0.25) is 0 Å². The van der Waals surface area contributed by atoms with Crippen LogP contribution in [0.1, 0.15) is 22.5 Å². The molecule has 0 saturated heterocycles. The molecule has 5 heteroatoms. The average Bonchev–Trinajstić information content (AvgIpc) is 2.27. The van der Waals surface area contributed by atoms with Gasteiger partial charge in [-0.1, -0.05) is 0 Å². The maximum Gasteiger partial charge on any atom is 0.257 e. The van der Waals surface area contributed by atoms with Crippen LogP contribution in [0, 0.1) is 6.92 Å². The molecule has 0 aliphatic heterocycles. The molecular formula is C13H22N4O. The molecule has 0 aliphatic carbocycles. The Kier molecular flexibility index (Phi) is 5.09. The van der Waals surface area contributed by atoms with Crippen LogP contribution in [0.3, 0.4) is 0 Å². The summed E-state index contributed by atoms with van der Waals surface area (Å²) < 4.78 is 0. The summed E-state index contributed by atoms with van der Waals surface area (Å²) in [5.41, 5.74) is 7.63. The number of amides is 1. The highest BCUT2D eigenvalue weighted by molar-refractivity contribution is 5.98. The van der Waals surface area contributed by atoms with Crippen LogP contribution in [-0.2, 0) is 0 Å². The fraction of sp³-hybridized carbons (Fsp3) is 0.538. The van der Waals surface area contributed by atoms with Crippen LogP contribution in [0.25, 0.3) is 0 Å². The third-order valence-corrected chi connectivity index (χ3v) is 2.75. The molecule has 5 nitrogen and oxygen atoms in total. The minimum atomic E-state index is -0.0706. The largest absolute Gasteiger partial charge is 0.398 e. The summed E-state index contributed by atoms with van der Waals surface area (Å²) in [6.45, 7) is 3.52. The van der Waals surface area contributed by atoms with E-state index in [1.165, 1.54) is 0 Å². The van der Waals surface area contributed by atoms with E-state index in [9.17, 15) is 4.79 Å². The molecule has 0 aliphatic rings. The van der Waals surface area contributed by atoms with Gasteiger partial charge in [-0.25, -0.2) is 0 Å². The first-order chi connectivity index (χ1) is 8.41. The molecule has 0 bridgehead atoms. The second-order valence-electron chi connectivity index (χ2n) is 4.80. The molecule has 1 heterocycles. The lowest BCUT2D eigenvalue weighted by atomic mass is 10.2. The summed E-state index contributed by atoms with van der Waals surface area (Å²) >= 11 is 0. The molecular weight excluding hydrogens is 228 g/mol. The van der Waals surface area contributed by atoms with E-state index in [1.807, 2.05) is 21.0 Å². The van der Waals surface area contributed by atoms with Crippen LogP contribution < -0.4 is 5.73 Å². The van der Waals surface area contributed by atoms with Crippen molar-refractivity contribution in [2.75, 3.05) is 40.0 Å². The van der Waals surface area contributed by atoms with Crippen LogP contribution >= 0.6 is 0 Å². The summed E-state index contributed by atoms with van der Waals surface area (Å²) in [4.78, 5) is 20.0. The van der Waals surface area contributed by atoms with E-state index < -0.39 is 0 Å². The zero-order valence-electron chi connectivity index (χ0n) is 11.6. The summed E-state index contributed by atoms with van der Waals surface area (Å²) in [5, 5.41) is 0. The Hall–Kier alpha value is -1.62. The molecule has 0 spiro atoms. The van der Waals surface area contributed by atoms with Gasteiger partial charge in [-0.05, 0) is 40.1 Å². The number of aryl methyl sites for hydroxylation is 1. The van der Waals surface area contributed by atoms with Crippen LogP contribution in [0.5, 0.6) is 0 Å². The van der Waals surface area contributed by atoms with Crippen molar-refractivity contribution in [2.45, 2.75) is 13.3 Å². The smallest absolute Gasteiger partial charge is 0.257 e. The van der Waals surface area contributed by atoms with Gasteiger partial charge in [0, 0.05) is 31.2 Å². The van der Waals surface area contributed by atoms with Gasteiger partial charge in [0.25, 0.3) is 5.91 Å². The minimum absolute atomic E-state index is 0.0706. The van der Waals surface area contributed by atoms with Gasteiger partial charge in [0.1, 0.15) is 0 Å². The third kappa shape index (κ3) is 4.00. The van der Waals surface area contributed by atoms with Crippen molar-refractivity contribution in [3.8, 4) is 0 Å². The van der Waals surface area contributed by atoms with Gasteiger partial charge < -0.3 is 15.5 Å². The van der Waals surface area contributed by atoms with Crippen molar-refractivity contribution in [1.82, 2.24) is 14.8 Å². The van der Waals surface area contributed by atoms with Gasteiger partial charge in [0.15, 0.2) is 0 Å². The number of hydrogen-bond acceptors (Lipinski definition) is 4. The summed E-state index contributed by atoms with van der Waals surface area (Å²) in [6, 6.07) is 1.72. The highest BCUT2D eigenvalue weighted by atomic mass is 16.2. The lowest BCUT2D eigenvalue weighted by Crippen LogP contribution is -2.30. The molecule has 0 unspecified atom stereocenters. The van der Waals surface area contributed by atoms with Crippen LogP contribution in [0.2, 0.25) is 0 Å². The maximum atomic E-state index is 12.1. The molecule has 18 heavy (non-hydrogen) atoms. The molecule has 0 aromatic carbocycles. The second-order valence-corrected chi connectivity index (χ2v) is 4.80. The molecule has 0 saturated carbocycles. The van der Waals surface area contributed by atoms with Crippen molar-refractivity contribution in [3.63, 3.8) is 0 Å². The molecule has 100 valence electrons. The van der Waals surface area contributed by atoms with E-state index in [4.69, 9.17) is 5.73 Å². The van der Waals surface area contributed by atoms with Gasteiger partial charge in [-0.15, -0.1) is 0 Å². The predicted octanol–water partition coefficient (Wildman–Crippen LogP) is 0.996. The van der Waals surface area contributed by atoms with E-state index in [2.05, 4.69) is 9.88 Å². The van der Waals surface area contributed by atoms with Crippen molar-refractivity contribution < 1.29 is 4.79 Å². The third-order valence-electron chi connectivity index (χ3n) is 2.75. The first-order valence-electron chi connectivity index (χ1n) is 6.04. The Balaban J connectivity index is 2.63. The van der Waals surface area contributed by atoms with Gasteiger partial charge in [-0.3, -0.25) is 9.78 Å². The fourth-order valence-corrected chi connectivity index (χ4v) is 1.69. The lowest BCUT2D eigenvalue weighted by Gasteiger charge is -2.19. The van der Waals surface area contributed by atoms with E-state index in [1.54, 1.807) is 24.2 Å². The maximum absolute atomic E-state index is 12.1. The van der Waals surface area contributed by atoms with Gasteiger partial charge in [0.05, 0.1) is 5.56 Å². The SMILES string of the molecule is Cc1cc(N)c(C(=O)N(C)CCCN(C)C)cn1. The Bertz CT molecular complexity index is 417. The molecule has 1 amide bonds. The van der Waals surface area contributed by atoms with Crippen LogP contribution in [-0.4, -0.2) is 54.9 Å². The van der Waals surface area contributed by atoms with Gasteiger partial charge >= 0.3 is 0 Å². The predicted molar refractivity (Wildman–Crippen MR) is 73.5 cm³/mol. The molecule has 2 N–H and O–H groups in total. The molecule has 1 rings (SSSR count). The number of aromatic nitrogens is 1. The number of anilines is 1. The quantitative estimate of drug-likeness (QED) is 0.846. The number of carbonyl (C=O) groups excluding carboxylic acids is 1. The number of hydrogen-bond donors (Lipinski definition) is 1. The first kappa shape index (κ1) is 14.4. The molecule has 1 aromatic heterocycles. The standard InChI is InChI=1S/C13H22N4O/c1-10-8-12(14)11(9-15-10)13(18)17(4)7-5-6-16(2)3/h8-9H,5-7H2,1-4H3,(H2,14,15). The Morgan fingerprint density at radius 3 is 2.56 bits per heavy atom. The van der Waals surface area contributed by atoms with Crippen molar-refractivity contribution in [1.29, 1.82) is 0 Å². The first-order valence-corrected chi connectivity index (χ1v) is 6.04. The minimum Gasteiger partial charge on any atom is -0.398 e. The Labute approximate surface area is 109 Å². The fourth-order valence-electron chi connectivity index (χ4n) is 1.69. The Morgan fingerprint density at radius 2 is 2.00 bits per heavy atom. The molecule has 0 atom stereocenters.